The fourth-order valence-corrected chi connectivity index (χ4v) is 7.56. The molecule has 44 heavy (non-hydrogen) atoms. The molecule has 6 aromatic rings. The van der Waals surface area contributed by atoms with Gasteiger partial charge in [-0.3, -0.25) is 0 Å². The van der Waals surface area contributed by atoms with Crippen LogP contribution in [0.25, 0.3) is 11.4 Å². The van der Waals surface area contributed by atoms with Gasteiger partial charge in [-0.2, -0.15) is 9.97 Å². The average molecular weight is 606 g/mol. The van der Waals surface area contributed by atoms with Gasteiger partial charge in [0.05, 0.1) is 10.9 Å². The van der Waals surface area contributed by atoms with Crippen LogP contribution in [0.15, 0.2) is 121 Å². The van der Waals surface area contributed by atoms with Gasteiger partial charge in [0, 0.05) is 10.6 Å². The van der Waals surface area contributed by atoms with Crippen LogP contribution in [0.5, 0.6) is 23.5 Å². The lowest BCUT2D eigenvalue weighted by Gasteiger charge is -2.22. The van der Waals surface area contributed by atoms with Crippen molar-refractivity contribution in [1.29, 1.82) is 0 Å². The van der Waals surface area contributed by atoms with E-state index in [1.54, 1.807) is 91.0 Å². The van der Waals surface area contributed by atoms with E-state index < -0.39 is 24.1 Å². The van der Waals surface area contributed by atoms with Crippen LogP contribution in [-0.4, -0.2) is 15.0 Å². The summed E-state index contributed by atoms with van der Waals surface area (Å²) < 4.78 is 59.4. The summed E-state index contributed by atoms with van der Waals surface area (Å²) in [6.45, 7) is 3.72. The molecule has 0 aliphatic carbocycles. The Labute approximate surface area is 253 Å². The van der Waals surface area contributed by atoms with Crippen molar-refractivity contribution in [3.8, 4) is 34.9 Å². The molecular formula is C35H26F2N3O3P. The molecule has 1 atom stereocenters. The Kier molecular flexibility index (Phi) is 8.01. The molecule has 1 heterocycles. The third-order valence-electron chi connectivity index (χ3n) is 6.88. The predicted octanol–water partition coefficient (Wildman–Crippen LogP) is 7.66. The molecule has 0 aliphatic rings. The Morgan fingerprint density at radius 3 is 1.75 bits per heavy atom. The Morgan fingerprint density at radius 1 is 0.591 bits per heavy atom. The normalized spacial score (nSPS) is 12.4. The van der Waals surface area contributed by atoms with E-state index in [1.165, 1.54) is 6.07 Å². The molecule has 218 valence electrons. The summed E-state index contributed by atoms with van der Waals surface area (Å²) in [5, 5.41) is 0.0227. The van der Waals surface area contributed by atoms with Gasteiger partial charge in [0.1, 0.15) is 23.1 Å². The summed E-state index contributed by atoms with van der Waals surface area (Å²) in [5.74, 6) is -1.33. The van der Waals surface area contributed by atoms with E-state index in [9.17, 15) is 0 Å². The number of nitrogens with zero attached hydrogens (tertiary/aromatic N) is 3. The highest BCUT2D eigenvalue weighted by Crippen LogP contribution is 2.45. The van der Waals surface area contributed by atoms with Crippen molar-refractivity contribution < 1.29 is 22.8 Å². The van der Waals surface area contributed by atoms with E-state index in [0.29, 0.717) is 22.1 Å². The van der Waals surface area contributed by atoms with Crippen molar-refractivity contribution >= 4 is 23.1 Å². The molecule has 0 aliphatic heterocycles. The van der Waals surface area contributed by atoms with Crippen LogP contribution in [0.3, 0.4) is 0 Å². The standard InChI is InChI=1S/C35H26F2N3O3P/c1-23-16-18-27(19-17-23)44(41,28-15-9-10-24(2)22-28)32-30(36)21-20-29(31(32)37)33-38-34(42-25-11-5-3-6-12-25)40-35(39-33)43-26-13-7-4-8-14-26/h3-22H,1-2H3. The van der Waals surface area contributed by atoms with E-state index in [1.807, 2.05) is 32.0 Å². The van der Waals surface area contributed by atoms with E-state index in [0.717, 1.165) is 17.2 Å². The number of ether oxygens (including phenoxy) is 2. The van der Waals surface area contributed by atoms with E-state index in [4.69, 9.17) is 9.47 Å². The van der Waals surface area contributed by atoms with Crippen LogP contribution < -0.4 is 25.4 Å². The van der Waals surface area contributed by atoms with Gasteiger partial charge in [0.2, 0.25) is 0 Å². The van der Waals surface area contributed by atoms with Gasteiger partial charge in [-0.15, -0.1) is 4.98 Å². The van der Waals surface area contributed by atoms with Crippen molar-refractivity contribution in [2.24, 2.45) is 0 Å². The van der Waals surface area contributed by atoms with Crippen LogP contribution in [0.2, 0.25) is 0 Å². The first kappa shape index (κ1) is 28.9. The largest absolute Gasteiger partial charge is 0.424 e. The molecule has 9 heteroatoms. The predicted molar refractivity (Wildman–Crippen MR) is 167 cm³/mol. The van der Waals surface area contributed by atoms with Gasteiger partial charge >= 0.3 is 12.0 Å². The minimum Gasteiger partial charge on any atom is -0.424 e. The molecule has 6 rings (SSSR count). The first-order valence-electron chi connectivity index (χ1n) is 13.8. The maximum Gasteiger partial charge on any atom is 0.328 e. The molecule has 0 saturated heterocycles. The number of para-hydroxylation sites is 2. The second-order valence-corrected chi connectivity index (χ2v) is 12.8. The Morgan fingerprint density at radius 2 is 1.18 bits per heavy atom. The number of halogens is 2. The first-order chi connectivity index (χ1) is 21.3. The van der Waals surface area contributed by atoms with Gasteiger partial charge in [-0.25, -0.2) is 8.78 Å². The number of hydrogen-bond acceptors (Lipinski definition) is 6. The lowest BCUT2D eigenvalue weighted by Crippen LogP contribution is -2.30. The maximum absolute atomic E-state index is 16.8. The van der Waals surface area contributed by atoms with Crippen molar-refractivity contribution in [2.45, 2.75) is 13.8 Å². The molecule has 0 spiro atoms. The molecule has 1 aromatic heterocycles. The number of hydrogen-bond donors (Lipinski definition) is 0. The van der Waals surface area contributed by atoms with E-state index in [2.05, 4.69) is 15.0 Å². The smallest absolute Gasteiger partial charge is 0.328 e. The van der Waals surface area contributed by atoms with Crippen LogP contribution in [0.4, 0.5) is 8.78 Å². The highest BCUT2D eigenvalue weighted by atomic mass is 31.2. The molecule has 6 nitrogen and oxygen atoms in total. The van der Waals surface area contributed by atoms with Gasteiger partial charge in [0.15, 0.2) is 13.0 Å². The van der Waals surface area contributed by atoms with Crippen molar-refractivity contribution in [3.05, 3.63) is 144 Å². The highest BCUT2D eigenvalue weighted by molar-refractivity contribution is 7.85. The van der Waals surface area contributed by atoms with Crippen molar-refractivity contribution in [3.63, 3.8) is 0 Å². The Balaban J connectivity index is 1.54. The van der Waals surface area contributed by atoms with Gasteiger partial charge < -0.3 is 14.0 Å². The van der Waals surface area contributed by atoms with Gasteiger partial charge in [-0.1, -0.05) is 90.0 Å². The molecule has 0 saturated carbocycles. The zero-order valence-electron chi connectivity index (χ0n) is 23.8. The zero-order valence-corrected chi connectivity index (χ0v) is 24.7. The average Bonchev–Trinajstić information content (AvgIpc) is 3.02. The van der Waals surface area contributed by atoms with Crippen LogP contribution in [0, 0.1) is 25.5 Å². The second kappa shape index (κ2) is 12.2. The summed E-state index contributed by atoms with van der Waals surface area (Å²) in [4.78, 5) is 13.0. The quantitative estimate of drug-likeness (QED) is 0.166. The second-order valence-electron chi connectivity index (χ2n) is 10.1. The topological polar surface area (TPSA) is 74.2 Å². The fourth-order valence-electron chi connectivity index (χ4n) is 4.73. The Hall–Kier alpha value is -5.20. The fraction of sp³-hybridized carbons (Fsp3) is 0.0571. The zero-order chi connectivity index (χ0) is 30.7. The highest BCUT2D eigenvalue weighted by Gasteiger charge is 2.37. The van der Waals surface area contributed by atoms with Crippen molar-refractivity contribution in [1.82, 2.24) is 15.0 Å². The molecule has 0 N–H and O–H groups in total. The number of aromatic nitrogens is 3. The number of benzene rings is 5. The summed E-state index contributed by atoms with van der Waals surface area (Å²) in [5.41, 5.74) is 1.52. The SMILES string of the molecule is Cc1ccc(P(=O)(c2cccc(C)c2)c2c(F)ccc(-c3nc(Oc4ccccc4)nc(Oc4ccccc4)n3)c2F)cc1. The minimum atomic E-state index is -4.06. The molecule has 0 bridgehead atoms. The summed E-state index contributed by atoms with van der Waals surface area (Å²) in [7, 11) is -4.06. The van der Waals surface area contributed by atoms with E-state index in [-0.39, 0.29) is 23.4 Å². The summed E-state index contributed by atoms with van der Waals surface area (Å²) >= 11 is 0. The molecule has 1 unspecified atom stereocenters. The van der Waals surface area contributed by atoms with Crippen LogP contribution in [-0.2, 0) is 4.57 Å². The van der Waals surface area contributed by atoms with E-state index >= 15 is 13.3 Å². The van der Waals surface area contributed by atoms with Crippen molar-refractivity contribution in [2.75, 3.05) is 0 Å². The van der Waals surface area contributed by atoms with Gasteiger partial charge in [-0.05, 0) is 56.3 Å². The maximum atomic E-state index is 16.8. The number of rotatable bonds is 8. The minimum absolute atomic E-state index is 0.169. The molecule has 5 aromatic carbocycles. The lowest BCUT2D eigenvalue weighted by molar-refractivity contribution is 0.398. The first-order valence-corrected chi connectivity index (χ1v) is 15.5. The number of aryl methyl sites for hydroxylation is 2. The third-order valence-corrected chi connectivity index (χ3v) is 9.96. The monoisotopic (exact) mass is 605 g/mol. The molecular weight excluding hydrogens is 579 g/mol. The third kappa shape index (κ3) is 5.85. The molecule has 0 fully saturated rings. The van der Waals surface area contributed by atoms with Gasteiger partial charge in [0.25, 0.3) is 0 Å². The van der Waals surface area contributed by atoms with Crippen LogP contribution >= 0.6 is 7.14 Å². The lowest BCUT2D eigenvalue weighted by atomic mass is 10.2. The molecule has 0 amide bonds. The Bertz CT molecular complexity index is 1930. The van der Waals surface area contributed by atoms with Crippen LogP contribution in [0.1, 0.15) is 11.1 Å². The summed E-state index contributed by atoms with van der Waals surface area (Å²) in [6.07, 6.45) is 0. The summed E-state index contributed by atoms with van der Waals surface area (Å²) in [6, 6.07) is 33.2. The molecule has 0 radical (unpaired) electrons.